The third-order valence-corrected chi connectivity index (χ3v) is 1.68. The van der Waals surface area contributed by atoms with Crippen molar-refractivity contribution >= 4 is 25.3 Å². The Morgan fingerprint density at radius 3 is 2.62 bits per heavy atom. The summed E-state index contributed by atoms with van der Waals surface area (Å²) in [5.41, 5.74) is 0. The first-order valence-electron chi connectivity index (χ1n) is 2.44. The standard InChI is InChI=1S/C4H11NOS2/c6-2-1-5-4(8)3-7/h4-8H,1-3H2. The van der Waals surface area contributed by atoms with Gasteiger partial charge in [0.1, 0.15) is 0 Å². The molecule has 0 aliphatic rings. The zero-order valence-electron chi connectivity index (χ0n) is 4.54. The molecule has 2 nitrogen and oxygen atoms in total. The molecule has 0 saturated heterocycles. The molecular weight excluding hydrogens is 142 g/mol. The van der Waals surface area contributed by atoms with Crippen LogP contribution >= 0.6 is 25.3 Å². The summed E-state index contributed by atoms with van der Waals surface area (Å²) in [6, 6.07) is 0. The largest absolute Gasteiger partial charge is 0.395 e. The molecule has 2 N–H and O–H groups in total. The molecule has 0 aliphatic heterocycles. The Balaban J connectivity index is 2.86. The molecular formula is C4H11NOS2. The average molecular weight is 153 g/mol. The molecule has 0 bridgehead atoms. The summed E-state index contributed by atoms with van der Waals surface area (Å²) in [4.78, 5) is 0. The van der Waals surface area contributed by atoms with Gasteiger partial charge in [-0.3, -0.25) is 0 Å². The van der Waals surface area contributed by atoms with E-state index in [1.54, 1.807) is 0 Å². The SMILES string of the molecule is OCCNC(S)CS. The molecule has 0 fully saturated rings. The van der Waals surface area contributed by atoms with Gasteiger partial charge in [-0.15, -0.1) is 0 Å². The van der Waals surface area contributed by atoms with Gasteiger partial charge in [0.15, 0.2) is 0 Å². The number of hydrogen-bond donors (Lipinski definition) is 4. The fourth-order valence-electron chi connectivity index (χ4n) is 0.296. The van der Waals surface area contributed by atoms with Gasteiger partial charge < -0.3 is 10.4 Å². The number of hydrogen-bond acceptors (Lipinski definition) is 4. The van der Waals surface area contributed by atoms with E-state index in [1.807, 2.05) is 0 Å². The lowest BCUT2D eigenvalue weighted by Gasteiger charge is -2.06. The van der Waals surface area contributed by atoms with Crippen LogP contribution in [0.15, 0.2) is 0 Å². The van der Waals surface area contributed by atoms with Crippen molar-refractivity contribution in [3.63, 3.8) is 0 Å². The highest BCUT2D eigenvalue weighted by molar-refractivity contribution is 7.84. The van der Waals surface area contributed by atoms with E-state index in [0.29, 0.717) is 12.3 Å². The van der Waals surface area contributed by atoms with E-state index in [-0.39, 0.29) is 12.0 Å². The molecule has 0 saturated carbocycles. The van der Waals surface area contributed by atoms with Gasteiger partial charge in [0.05, 0.1) is 12.0 Å². The molecule has 0 aromatic heterocycles. The minimum absolute atomic E-state index is 0.102. The molecule has 1 unspecified atom stereocenters. The Morgan fingerprint density at radius 1 is 1.62 bits per heavy atom. The molecule has 8 heavy (non-hydrogen) atoms. The highest BCUT2D eigenvalue weighted by Crippen LogP contribution is 1.90. The molecule has 0 radical (unpaired) electrons. The summed E-state index contributed by atoms with van der Waals surface area (Å²) >= 11 is 8.03. The van der Waals surface area contributed by atoms with E-state index in [0.717, 1.165) is 0 Å². The third kappa shape index (κ3) is 4.77. The highest BCUT2D eigenvalue weighted by Gasteiger charge is 1.94. The summed E-state index contributed by atoms with van der Waals surface area (Å²) in [5, 5.41) is 11.3. The van der Waals surface area contributed by atoms with Gasteiger partial charge in [-0.05, 0) is 0 Å². The van der Waals surface area contributed by atoms with Crippen molar-refractivity contribution in [1.29, 1.82) is 0 Å². The first-order valence-corrected chi connectivity index (χ1v) is 3.59. The second-order valence-electron chi connectivity index (χ2n) is 1.38. The quantitative estimate of drug-likeness (QED) is 0.332. The maximum atomic E-state index is 8.29. The second kappa shape index (κ2) is 5.75. The summed E-state index contributed by atoms with van der Waals surface area (Å²) < 4.78 is 0. The molecule has 50 valence electrons. The van der Waals surface area contributed by atoms with Crippen LogP contribution in [0.4, 0.5) is 0 Å². The fourth-order valence-corrected chi connectivity index (χ4v) is 0.554. The predicted octanol–water partition coefficient (Wildman–Crippen LogP) is -0.246. The van der Waals surface area contributed by atoms with Crippen molar-refractivity contribution in [2.24, 2.45) is 0 Å². The Kier molecular flexibility index (Phi) is 6.20. The maximum Gasteiger partial charge on any atom is 0.0592 e. The minimum atomic E-state index is 0.102. The van der Waals surface area contributed by atoms with Crippen LogP contribution in [0.2, 0.25) is 0 Å². The molecule has 0 spiro atoms. The van der Waals surface area contributed by atoms with Gasteiger partial charge in [-0.1, -0.05) is 0 Å². The van der Waals surface area contributed by atoms with Gasteiger partial charge in [0.2, 0.25) is 0 Å². The smallest absolute Gasteiger partial charge is 0.0592 e. The molecule has 1 atom stereocenters. The van der Waals surface area contributed by atoms with Crippen LogP contribution in [-0.4, -0.2) is 29.4 Å². The zero-order chi connectivity index (χ0) is 6.41. The second-order valence-corrected chi connectivity index (χ2v) is 2.36. The first kappa shape index (κ1) is 8.62. The molecule has 0 aromatic carbocycles. The van der Waals surface area contributed by atoms with Crippen LogP contribution in [0.3, 0.4) is 0 Å². The van der Waals surface area contributed by atoms with E-state index in [2.05, 4.69) is 30.6 Å². The van der Waals surface area contributed by atoms with Gasteiger partial charge in [0.25, 0.3) is 0 Å². The molecule has 0 aliphatic carbocycles. The van der Waals surface area contributed by atoms with E-state index in [4.69, 9.17) is 5.11 Å². The molecule has 0 rings (SSSR count). The molecule has 0 amide bonds. The minimum Gasteiger partial charge on any atom is -0.395 e. The predicted molar refractivity (Wildman–Crippen MR) is 41.7 cm³/mol. The van der Waals surface area contributed by atoms with Gasteiger partial charge >= 0.3 is 0 Å². The Bertz CT molecular complexity index is 53.3. The lowest BCUT2D eigenvalue weighted by molar-refractivity contribution is 0.292. The number of aliphatic hydroxyl groups excluding tert-OH is 1. The van der Waals surface area contributed by atoms with Gasteiger partial charge in [-0.2, -0.15) is 25.3 Å². The van der Waals surface area contributed by atoms with Crippen molar-refractivity contribution in [3.05, 3.63) is 0 Å². The number of aliphatic hydroxyl groups is 1. The van der Waals surface area contributed by atoms with Crippen molar-refractivity contribution in [3.8, 4) is 0 Å². The van der Waals surface area contributed by atoms with Crippen molar-refractivity contribution in [1.82, 2.24) is 5.32 Å². The van der Waals surface area contributed by atoms with Crippen molar-refractivity contribution in [2.75, 3.05) is 18.9 Å². The number of nitrogens with one attached hydrogen (secondary N) is 1. The van der Waals surface area contributed by atoms with E-state index in [1.165, 1.54) is 0 Å². The van der Waals surface area contributed by atoms with Crippen LogP contribution in [0, 0.1) is 0 Å². The Labute approximate surface area is 60.5 Å². The first-order chi connectivity index (χ1) is 3.81. The summed E-state index contributed by atoms with van der Waals surface area (Å²) in [6.45, 7) is 0.750. The van der Waals surface area contributed by atoms with E-state index in [9.17, 15) is 0 Å². The molecule has 0 heterocycles. The van der Waals surface area contributed by atoms with Gasteiger partial charge in [0, 0.05) is 12.3 Å². The Hall–Kier alpha value is 0.620. The van der Waals surface area contributed by atoms with Crippen LogP contribution in [0.1, 0.15) is 0 Å². The average Bonchev–Trinajstić information content (AvgIpc) is 1.83. The van der Waals surface area contributed by atoms with Crippen LogP contribution < -0.4 is 5.32 Å². The number of rotatable bonds is 4. The van der Waals surface area contributed by atoms with Crippen LogP contribution in [-0.2, 0) is 0 Å². The zero-order valence-corrected chi connectivity index (χ0v) is 6.33. The number of thiol groups is 2. The Morgan fingerprint density at radius 2 is 2.25 bits per heavy atom. The third-order valence-electron chi connectivity index (χ3n) is 0.665. The fraction of sp³-hybridized carbons (Fsp3) is 1.00. The van der Waals surface area contributed by atoms with Crippen LogP contribution in [0.5, 0.6) is 0 Å². The summed E-state index contributed by atoms with van der Waals surface area (Å²) in [5.74, 6) is 0.684. The van der Waals surface area contributed by atoms with Gasteiger partial charge in [-0.25, -0.2) is 0 Å². The lowest BCUT2D eigenvalue weighted by Crippen LogP contribution is -2.27. The van der Waals surface area contributed by atoms with E-state index < -0.39 is 0 Å². The van der Waals surface area contributed by atoms with Crippen molar-refractivity contribution < 1.29 is 5.11 Å². The highest BCUT2D eigenvalue weighted by atomic mass is 32.1. The normalized spacial score (nSPS) is 13.9. The monoisotopic (exact) mass is 153 g/mol. The maximum absolute atomic E-state index is 8.29. The van der Waals surface area contributed by atoms with Crippen LogP contribution in [0.25, 0.3) is 0 Å². The van der Waals surface area contributed by atoms with Crippen molar-refractivity contribution in [2.45, 2.75) is 5.37 Å². The molecule has 4 heteroatoms. The topological polar surface area (TPSA) is 32.3 Å². The lowest BCUT2D eigenvalue weighted by atomic mass is 10.6. The molecule has 0 aromatic rings. The van der Waals surface area contributed by atoms with E-state index >= 15 is 0 Å². The summed E-state index contributed by atoms with van der Waals surface area (Å²) in [6.07, 6.45) is 0. The summed E-state index contributed by atoms with van der Waals surface area (Å²) in [7, 11) is 0.